The summed E-state index contributed by atoms with van der Waals surface area (Å²) < 4.78 is 10.3. The number of amides is 1. The Balaban J connectivity index is 1.65. The van der Waals surface area contributed by atoms with Crippen molar-refractivity contribution in [3.63, 3.8) is 0 Å². The lowest BCUT2D eigenvalue weighted by atomic mass is 10.2. The summed E-state index contributed by atoms with van der Waals surface area (Å²) in [4.78, 5) is 11.5. The zero-order valence-electron chi connectivity index (χ0n) is 10.3. The van der Waals surface area contributed by atoms with Gasteiger partial charge in [0.25, 0.3) is 5.91 Å². The molecule has 0 spiro atoms. The summed E-state index contributed by atoms with van der Waals surface area (Å²) in [5, 5.41) is 3.41. The number of halogens is 1. The first kappa shape index (κ1) is 13.5. The molecule has 0 unspecified atom stereocenters. The highest BCUT2D eigenvalue weighted by Gasteiger charge is 2.03. The van der Waals surface area contributed by atoms with Gasteiger partial charge >= 0.3 is 0 Å². The van der Waals surface area contributed by atoms with Crippen molar-refractivity contribution in [3.8, 4) is 5.75 Å². The molecule has 0 aliphatic rings. The number of rotatable bonds is 6. The normalized spacial score (nSPS) is 10.2. The lowest BCUT2D eigenvalue weighted by Crippen LogP contribution is -2.30. The van der Waals surface area contributed by atoms with Gasteiger partial charge in [0.1, 0.15) is 5.75 Å². The van der Waals surface area contributed by atoms with Gasteiger partial charge in [-0.05, 0) is 42.3 Å². The van der Waals surface area contributed by atoms with Crippen molar-refractivity contribution in [3.05, 3.63) is 53.4 Å². The van der Waals surface area contributed by atoms with Crippen LogP contribution >= 0.6 is 11.6 Å². The Bertz CT molecular complexity index is 508. The van der Waals surface area contributed by atoms with E-state index in [1.807, 2.05) is 6.07 Å². The number of furan rings is 1. The summed E-state index contributed by atoms with van der Waals surface area (Å²) in [6.45, 7) is 0.551. The Hall–Kier alpha value is -1.94. The van der Waals surface area contributed by atoms with Crippen LogP contribution in [0.1, 0.15) is 5.56 Å². The van der Waals surface area contributed by atoms with E-state index in [-0.39, 0.29) is 12.5 Å². The van der Waals surface area contributed by atoms with Crippen molar-refractivity contribution in [2.75, 3.05) is 13.2 Å². The van der Waals surface area contributed by atoms with E-state index in [0.717, 1.165) is 12.0 Å². The van der Waals surface area contributed by atoms with Gasteiger partial charge in [-0.15, -0.1) is 0 Å². The molecule has 19 heavy (non-hydrogen) atoms. The van der Waals surface area contributed by atoms with Crippen LogP contribution in [0.25, 0.3) is 0 Å². The van der Waals surface area contributed by atoms with Crippen LogP contribution in [-0.2, 0) is 11.2 Å². The fourth-order valence-corrected chi connectivity index (χ4v) is 1.64. The predicted octanol–water partition coefficient (Wildman–Crippen LogP) is 2.67. The van der Waals surface area contributed by atoms with Crippen LogP contribution in [-0.4, -0.2) is 19.1 Å². The molecule has 0 fully saturated rings. The quantitative estimate of drug-likeness (QED) is 0.884. The van der Waals surface area contributed by atoms with E-state index in [2.05, 4.69) is 5.32 Å². The average molecular weight is 280 g/mol. The molecule has 1 amide bonds. The van der Waals surface area contributed by atoms with Gasteiger partial charge < -0.3 is 14.5 Å². The summed E-state index contributed by atoms with van der Waals surface area (Å²) in [5.74, 6) is 0.466. The molecule has 5 heteroatoms. The lowest BCUT2D eigenvalue weighted by molar-refractivity contribution is -0.123. The van der Waals surface area contributed by atoms with Gasteiger partial charge in [-0.3, -0.25) is 4.79 Å². The summed E-state index contributed by atoms with van der Waals surface area (Å²) in [6, 6.07) is 8.75. The SMILES string of the molecule is O=C(COc1ccc(Cl)cc1)NCCc1ccoc1. The van der Waals surface area contributed by atoms with Gasteiger partial charge in [-0.1, -0.05) is 11.6 Å². The minimum atomic E-state index is -0.154. The topological polar surface area (TPSA) is 51.5 Å². The van der Waals surface area contributed by atoms with Crippen molar-refractivity contribution < 1.29 is 13.9 Å². The first-order valence-corrected chi connectivity index (χ1v) is 6.28. The van der Waals surface area contributed by atoms with Gasteiger partial charge in [0.05, 0.1) is 12.5 Å². The van der Waals surface area contributed by atoms with Gasteiger partial charge in [-0.25, -0.2) is 0 Å². The number of ether oxygens (including phenoxy) is 1. The Labute approximate surface area is 116 Å². The van der Waals surface area contributed by atoms with Crippen molar-refractivity contribution in [1.82, 2.24) is 5.32 Å². The monoisotopic (exact) mass is 279 g/mol. The van der Waals surface area contributed by atoms with Crippen molar-refractivity contribution >= 4 is 17.5 Å². The van der Waals surface area contributed by atoms with Crippen LogP contribution in [0.5, 0.6) is 5.75 Å². The van der Waals surface area contributed by atoms with E-state index in [1.54, 1.807) is 36.8 Å². The van der Waals surface area contributed by atoms with Crippen molar-refractivity contribution in [2.24, 2.45) is 0 Å². The second-order valence-corrected chi connectivity index (χ2v) is 4.41. The smallest absolute Gasteiger partial charge is 0.257 e. The van der Waals surface area contributed by atoms with Gasteiger partial charge in [0, 0.05) is 11.6 Å². The molecule has 1 aromatic heterocycles. The molecular formula is C14H14ClNO3. The summed E-state index contributed by atoms with van der Waals surface area (Å²) in [7, 11) is 0. The second kappa shape index (κ2) is 6.85. The highest BCUT2D eigenvalue weighted by atomic mass is 35.5. The fraction of sp³-hybridized carbons (Fsp3) is 0.214. The molecule has 1 aromatic carbocycles. The molecule has 0 saturated carbocycles. The Morgan fingerprint density at radius 2 is 2.05 bits per heavy atom. The molecule has 0 bridgehead atoms. The van der Waals surface area contributed by atoms with E-state index in [0.29, 0.717) is 17.3 Å². The number of carbonyl (C=O) groups excluding carboxylic acids is 1. The van der Waals surface area contributed by atoms with Gasteiger partial charge in [0.15, 0.2) is 6.61 Å². The molecule has 2 aromatic rings. The van der Waals surface area contributed by atoms with Crippen molar-refractivity contribution in [1.29, 1.82) is 0 Å². The molecule has 0 aliphatic heterocycles. The maximum Gasteiger partial charge on any atom is 0.257 e. The van der Waals surface area contributed by atoms with E-state index in [4.69, 9.17) is 20.8 Å². The number of hydrogen-bond donors (Lipinski definition) is 1. The van der Waals surface area contributed by atoms with Gasteiger partial charge in [0.2, 0.25) is 0 Å². The van der Waals surface area contributed by atoms with Crippen LogP contribution in [0.3, 0.4) is 0 Å². The summed E-state index contributed by atoms with van der Waals surface area (Å²) in [5.41, 5.74) is 1.05. The summed E-state index contributed by atoms with van der Waals surface area (Å²) in [6.07, 6.45) is 4.01. The molecule has 1 heterocycles. The molecule has 0 radical (unpaired) electrons. The molecular weight excluding hydrogens is 266 g/mol. The Morgan fingerprint density at radius 1 is 1.26 bits per heavy atom. The molecule has 1 N–H and O–H groups in total. The van der Waals surface area contributed by atoms with E-state index in [9.17, 15) is 4.79 Å². The zero-order valence-corrected chi connectivity index (χ0v) is 11.0. The average Bonchev–Trinajstić information content (AvgIpc) is 2.91. The first-order valence-electron chi connectivity index (χ1n) is 5.90. The number of benzene rings is 1. The standard InChI is InChI=1S/C14H14ClNO3/c15-12-1-3-13(4-2-12)19-10-14(17)16-7-5-11-6-8-18-9-11/h1-4,6,8-9H,5,7,10H2,(H,16,17). The van der Waals surface area contributed by atoms with Crippen LogP contribution in [0, 0.1) is 0 Å². The third-order valence-electron chi connectivity index (χ3n) is 2.50. The number of carbonyl (C=O) groups is 1. The van der Waals surface area contributed by atoms with Crippen LogP contribution in [0.4, 0.5) is 0 Å². The van der Waals surface area contributed by atoms with Crippen LogP contribution in [0.2, 0.25) is 5.02 Å². The molecule has 0 atom stereocenters. The molecule has 2 rings (SSSR count). The highest BCUT2D eigenvalue weighted by Crippen LogP contribution is 2.15. The van der Waals surface area contributed by atoms with E-state index in [1.165, 1.54) is 0 Å². The molecule has 0 saturated heterocycles. The molecule has 4 nitrogen and oxygen atoms in total. The number of nitrogens with one attached hydrogen (secondary N) is 1. The van der Waals surface area contributed by atoms with Crippen molar-refractivity contribution in [2.45, 2.75) is 6.42 Å². The third kappa shape index (κ3) is 4.67. The third-order valence-corrected chi connectivity index (χ3v) is 2.75. The van der Waals surface area contributed by atoms with Gasteiger partial charge in [-0.2, -0.15) is 0 Å². The second-order valence-electron chi connectivity index (χ2n) is 3.97. The largest absolute Gasteiger partial charge is 0.484 e. The van der Waals surface area contributed by atoms with Crippen LogP contribution < -0.4 is 10.1 Å². The predicted molar refractivity (Wildman–Crippen MR) is 72.4 cm³/mol. The Kier molecular flexibility index (Phi) is 4.86. The maximum atomic E-state index is 11.5. The minimum absolute atomic E-state index is 0.00693. The highest BCUT2D eigenvalue weighted by molar-refractivity contribution is 6.30. The zero-order chi connectivity index (χ0) is 13.5. The van der Waals surface area contributed by atoms with E-state index < -0.39 is 0 Å². The first-order chi connectivity index (χ1) is 9.24. The number of hydrogen-bond acceptors (Lipinski definition) is 3. The maximum absolute atomic E-state index is 11.5. The lowest BCUT2D eigenvalue weighted by Gasteiger charge is -2.07. The molecule has 100 valence electrons. The summed E-state index contributed by atoms with van der Waals surface area (Å²) >= 11 is 5.75. The van der Waals surface area contributed by atoms with E-state index >= 15 is 0 Å². The molecule has 0 aliphatic carbocycles. The Morgan fingerprint density at radius 3 is 2.74 bits per heavy atom. The fourth-order valence-electron chi connectivity index (χ4n) is 1.51. The minimum Gasteiger partial charge on any atom is -0.484 e. The van der Waals surface area contributed by atoms with Crippen LogP contribution in [0.15, 0.2) is 47.3 Å².